The van der Waals surface area contributed by atoms with E-state index in [0.717, 1.165) is 19.0 Å². The molecule has 1 atom stereocenters. The van der Waals surface area contributed by atoms with Crippen molar-refractivity contribution < 1.29 is 9.53 Å². The zero-order valence-corrected chi connectivity index (χ0v) is 20.3. The molecule has 8 heteroatoms. The Morgan fingerprint density at radius 1 is 1.17 bits per heavy atom. The van der Waals surface area contributed by atoms with Gasteiger partial charge in [0.1, 0.15) is 6.10 Å². The van der Waals surface area contributed by atoms with Gasteiger partial charge >= 0.3 is 0 Å². The Balaban J connectivity index is 0.00000320. The first-order chi connectivity index (χ1) is 14.1. The van der Waals surface area contributed by atoms with Crippen LogP contribution in [0.1, 0.15) is 27.6 Å². The number of rotatable bonds is 5. The molecule has 1 saturated heterocycles. The lowest BCUT2D eigenvalue weighted by Crippen LogP contribution is -2.49. The minimum Gasteiger partial charge on any atom is -0.370 e. The van der Waals surface area contributed by atoms with Crippen molar-refractivity contribution in [3.8, 4) is 0 Å². The van der Waals surface area contributed by atoms with Gasteiger partial charge < -0.3 is 20.3 Å². The number of benzene rings is 2. The number of carbonyl (C=O) groups excluding carboxylic acids is 1. The molecule has 1 fully saturated rings. The van der Waals surface area contributed by atoms with Crippen LogP contribution in [-0.4, -0.2) is 56.6 Å². The van der Waals surface area contributed by atoms with E-state index in [9.17, 15) is 4.79 Å². The first-order valence-electron chi connectivity index (χ1n) is 9.75. The summed E-state index contributed by atoms with van der Waals surface area (Å²) >= 11 is 6.07. The molecule has 3 rings (SSSR count). The van der Waals surface area contributed by atoms with E-state index in [-0.39, 0.29) is 36.0 Å². The van der Waals surface area contributed by atoms with Crippen molar-refractivity contribution in [2.24, 2.45) is 4.99 Å². The van der Waals surface area contributed by atoms with Gasteiger partial charge in [-0.2, -0.15) is 0 Å². The van der Waals surface area contributed by atoms with Gasteiger partial charge in [0, 0.05) is 26.7 Å². The SMILES string of the molecule is CN=C(NCCNC(=O)c1ccccc1Cl)N1CCOC(c2ccccc2C)C1.I. The maximum Gasteiger partial charge on any atom is 0.252 e. The Bertz CT molecular complexity index is 878. The molecule has 1 unspecified atom stereocenters. The maximum atomic E-state index is 12.2. The van der Waals surface area contributed by atoms with Crippen LogP contribution >= 0.6 is 35.6 Å². The molecule has 0 aromatic heterocycles. The number of amides is 1. The van der Waals surface area contributed by atoms with Crippen LogP contribution in [0, 0.1) is 6.92 Å². The van der Waals surface area contributed by atoms with Gasteiger partial charge in [-0.1, -0.05) is 48.0 Å². The molecule has 1 aliphatic heterocycles. The van der Waals surface area contributed by atoms with Crippen molar-refractivity contribution in [1.82, 2.24) is 15.5 Å². The van der Waals surface area contributed by atoms with Crippen LogP contribution in [0.15, 0.2) is 53.5 Å². The Morgan fingerprint density at radius 3 is 2.60 bits per heavy atom. The second-order valence-corrected chi connectivity index (χ2v) is 7.28. The van der Waals surface area contributed by atoms with E-state index in [1.54, 1.807) is 31.3 Å². The van der Waals surface area contributed by atoms with Gasteiger partial charge in [0.05, 0.1) is 23.7 Å². The monoisotopic (exact) mass is 542 g/mol. The van der Waals surface area contributed by atoms with E-state index in [0.29, 0.717) is 30.3 Å². The lowest BCUT2D eigenvalue weighted by Gasteiger charge is -2.35. The van der Waals surface area contributed by atoms with E-state index in [2.05, 4.69) is 39.6 Å². The maximum absolute atomic E-state index is 12.2. The Labute approximate surface area is 200 Å². The molecule has 1 heterocycles. The second kappa shape index (κ2) is 12.1. The van der Waals surface area contributed by atoms with Crippen molar-refractivity contribution in [1.29, 1.82) is 0 Å². The zero-order chi connectivity index (χ0) is 20.6. The number of morpholine rings is 1. The summed E-state index contributed by atoms with van der Waals surface area (Å²) in [5.74, 6) is 0.622. The number of aryl methyl sites for hydroxylation is 1. The van der Waals surface area contributed by atoms with Crippen LogP contribution in [0.5, 0.6) is 0 Å². The molecule has 30 heavy (non-hydrogen) atoms. The van der Waals surface area contributed by atoms with Crippen molar-refractivity contribution in [3.63, 3.8) is 0 Å². The van der Waals surface area contributed by atoms with Crippen molar-refractivity contribution in [2.45, 2.75) is 13.0 Å². The van der Waals surface area contributed by atoms with Crippen LogP contribution in [0.25, 0.3) is 0 Å². The smallest absolute Gasteiger partial charge is 0.252 e. The molecule has 6 nitrogen and oxygen atoms in total. The summed E-state index contributed by atoms with van der Waals surface area (Å²) in [4.78, 5) is 18.8. The van der Waals surface area contributed by atoms with Crippen molar-refractivity contribution in [3.05, 3.63) is 70.2 Å². The summed E-state index contributed by atoms with van der Waals surface area (Å²) in [5.41, 5.74) is 2.91. The van der Waals surface area contributed by atoms with Crippen molar-refractivity contribution >= 4 is 47.4 Å². The molecular formula is C22H28ClIN4O2. The number of nitrogens with zero attached hydrogens (tertiary/aromatic N) is 2. The highest BCUT2D eigenvalue weighted by Gasteiger charge is 2.25. The first-order valence-corrected chi connectivity index (χ1v) is 10.1. The fourth-order valence-electron chi connectivity index (χ4n) is 3.40. The van der Waals surface area contributed by atoms with Crippen LogP contribution in [-0.2, 0) is 4.74 Å². The van der Waals surface area contributed by atoms with Gasteiger partial charge in [-0.25, -0.2) is 0 Å². The third-order valence-electron chi connectivity index (χ3n) is 4.93. The number of nitrogens with one attached hydrogen (secondary N) is 2. The summed E-state index contributed by atoms with van der Waals surface area (Å²) in [7, 11) is 1.77. The topological polar surface area (TPSA) is 66.0 Å². The fourth-order valence-corrected chi connectivity index (χ4v) is 3.62. The average Bonchev–Trinajstić information content (AvgIpc) is 2.74. The van der Waals surface area contributed by atoms with Gasteiger partial charge in [-0.05, 0) is 30.2 Å². The zero-order valence-electron chi connectivity index (χ0n) is 17.2. The number of ether oxygens (including phenoxy) is 1. The minimum absolute atomic E-state index is 0. The molecule has 0 aliphatic carbocycles. The quantitative estimate of drug-likeness (QED) is 0.262. The van der Waals surface area contributed by atoms with Gasteiger partial charge in [0.15, 0.2) is 5.96 Å². The molecule has 162 valence electrons. The van der Waals surface area contributed by atoms with Gasteiger partial charge in [0.2, 0.25) is 0 Å². The number of hydrogen-bond acceptors (Lipinski definition) is 3. The average molecular weight is 543 g/mol. The number of hydrogen-bond donors (Lipinski definition) is 2. The van der Waals surface area contributed by atoms with Gasteiger partial charge in [-0.15, -0.1) is 24.0 Å². The Kier molecular flexibility index (Phi) is 9.87. The van der Waals surface area contributed by atoms with E-state index < -0.39 is 0 Å². The molecule has 0 saturated carbocycles. The lowest BCUT2D eigenvalue weighted by atomic mass is 10.0. The Hall–Kier alpha value is -1.84. The van der Waals surface area contributed by atoms with Crippen LogP contribution in [0.2, 0.25) is 5.02 Å². The molecule has 2 aromatic rings. The fraction of sp³-hybridized carbons (Fsp3) is 0.364. The number of halogens is 2. The van der Waals surface area contributed by atoms with E-state index >= 15 is 0 Å². The molecule has 0 radical (unpaired) electrons. The first kappa shape index (κ1) is 24.4. The summed E-state index contributed by atoms with van der Waals surface area (Å²) in [6.45, 7) is 5.28. The standard InChI is InChI=1S/C22H27ClN4O2.HI/c1-16-7-3-4-8-17(16)20-15-27(13-14-29-20)22(24-2)26-12-11-25-21(28)18-9-5-6-10-19(18)23;/h3-10,20H,11-15H2,1-2H3,(H,24,26)(H,25,28);1H. The van der Waals surface area contributed by atoms with Crippen LogP contribution in [0.3, 0.4) is 0 Å². The van der Waals surface area contributed by atoms with Gasteiger partial charge in [0.25, 0.3) is 5.91 Å². The molecule has 0 spiro atoms. The third-order valence-corrected chi connectivity index (χ3v) is 5.25. The largest absolute Gasteiger partial charge is 0.370 e. The number of aliphatic imine (C=N–C) groups is 1. The van der Waals surface area contributed by atoms with E-state index in [1.165, 1.54) is 11.1 Å². The summed E-state index contributed by atoms with van der Waals surface area (Å²) in [6, 6.07) is 15.3. The summed E-state index contributed by atoms with van der Waals surface area (Å²) < 4.78 is 5.99. The van der Waals surface area contributed by atoms with Gasteiger partial charge in [-0.3, -0.25) is 9.79 Å². The van der Waals surface area contributed by atoms with E-state index in [1.807, 2.05) is 12.1 Å². The number of guanidine groups is 1. The predicted molar refractivity (Wildman–Crippen MR) is 132 cm³/mol. The minimum atomic E-state index is -0.182. The highest BCUT2D eigenvalue weighted by Crippen LogP contribution is 2.24. The molecule has 1 aliphatic rings. The summed E-state index contributed by atoms with van der Waals surface area (Å²) in [5, 5.41) is 6.65. The highest BCUT2D eigenvalue weighted by atomic mass is 127. The van der Waals surface area contributed by atoms with E-state index in [4.69, 9.17) is 16.3 Å². The molecule has 2 aromatic carbocycles. The van der Waals surface area contributed by atoms with Crippen LogP contribution in [0.4, 0.5) is 0 Å². The Morgan fingerprint density at radius 2 is 1.87 bits per heavy atom. The molecule has 0 bridgehead atoms. The number of carbonyl (C=O) groups is 1. The molecule has 2 N–H and O–H groups in total. The summed E-state index contributed by atoms with van der Waals surface area (Å²) in [6.07, 6.45) is 0.0171. The lowest BCUT2D eigenvalue weighted by molar-refractivity contribution is -0.00829. The predicted octanol–water partition coefficient (Wildman–Crippen LogP) is 3.65. The normalized spacial score (nSPS) is 16.6. The van der Waals surface area contributed by atoms with Crippen LogP contribution < -0.4 is 10.6 Å². The third kappa shape index (κ3) is 6.33. The molecular weight excluding hydrogens is 515 g/mol. The molecule has 1 amide bonds. The highest BCUT2D eigenvalue weighted by molar-refractivity contribution is 14.0. The van der Waals surface area contributed by atoms with Crippen molar-refractivity contribution in [2.75, 3.05) is 39.8 Å². The second-order valence-electron chi connectivity index (χ2n) is 6.87.